The van der Waals surface area contributed by atoms with Gasteiger partial charge in [0.2, 0.25) is 0 Å². The third-order valence-electron chi connectivity index (χ3n) is 4.41. The summed E-state index contributed by atoms with van der Waals surface area (Å²) >= 11 is 0. The Morgan fingerprint density at radius 2 is 1.92 bits per heavy atom. The number of rotatable bonds is 6. The van der Waals surface area contributed by atoms with Gasteiger partial charge >= 0.3 is 0 Å². The lowest BCUT2D eigenvalue weighted by Gasteiger charge is -2.17. The molecule has 0 aliphatic carbocycles. The van der Waals surface area contributed by atoms with Gasteiger partial charge in [-0.2, -0.15) is 0 Å². The molecule has 1 aromatic carbocycles. The van der Waals surface area contributed by atoms with E-state index in [1.54, 1.807) is 6.92 Å². The molecule has 0 bridgehead atoms. The number of hydrogen-bond acceptors (Lipinski definition) is 4. The molecule has 0 saturated carbocycles. The molecule has 1 atom stereocenters. The zero-order valence-electron chi connectivity index (χ0n) is 14.9. The molecule has 132 valence electrons. The maximum atomic E-state index is 12.2. The zero-order valence-corrected chi connectivity index (χ0v) is 14.9. The van der Waals surface area contributed by atoms with Crippen molar-refractivity contribution in [3.8, 4) is 5.75 Å². The van der Waals surface area contributed by atoms with Gasteiger partial charge in [0.25, 0.3) is 5.91 Å². The van der Waals surface area contributed by atoms with Crippen molar-refractivity contribution in [2.75, 3.05) is 18.0 Å². The molecule has 5 nitrogen and oxygen atoms in total. The first-order chi connectivity index (χ1) is 12.1. The molecular formula is C20H25N3O2. The van der Waals surface area contributed by atoms with Crippen molar-refractivity contribution in [2.24, 2.45) is 0 Å². The Bertz CT molecular complexity index is 692. The van der Waals surface area contributed by atoms with Crippen LogP contribution in [0.5, 0.6) is 5.75 Å². The van der Waals surface area contributed by atoms with Gasteiger partial charge in [-0.25, -0.2) is 4.98 Å². The molecule has 0 radical (unpaired) electrons. The quantitative estimate of drug-likeness (QED) is 0.879. The normalized spacial score (nSPS) is 15.0. The number of amides is 1. The molecule has 1 N–H and O–H groups in total. The van der Waals surface area contributed by atoms with Gasteiger partial charge in [-0.3, -0.25) is 4.79 Å². The number of ether oxygens (including phenoxy) is 1. The van der Waals surface area contributed by atoms with Crippen molar-refractivity contribution in [1.29, 1.82) is 0 Å². The second-order valence-electron chi connectivity index (χ2n) is 6.51. The monoisotopic (exact) mass is 339 g/mol. The molecule has 25 heavy (non-hydrogen) atoms. The lowest BCUT2D eigenvalue weighted by Crippen LogP contribution is -2.35. The number of aromatic nitrogens is 1. The maximum Gasteiger partial charge on any atom is 0.261 e. The fourth-order valence-electron chi connectivity index (χ4n) is 2.86. The molecule has 1 aliphatic rings. The first kappa shape index (κ1) is 17.3. The molecule has 1 saturated heterocycles. The van der Waals surface area contributed by atoms with Crippen molar-refractivity contribution < 1.29 is 9.53 Å². The third kappa shape index (κ3) is 4.72. The van der Waals surface area contributed by atoms with Crippen LogP contribution in [0.3, 0.4) is 0 Å². The number of aryl methyl sites for hydroxylation is 1. The smallest absolute Gasteiger partial charge is 0.261 e. The van der Waals surface area contributed by atoms with Crippen LogP contribution in [0.2, 0.25) is 0 Å². The second kappa shape index (κ2) is 8.01. The van der Waals surface area contributed by atoms with E-state index < -0.39 is 6.10 Å². The molecular weight excluding hydrogens is 314 g/mol. The Morgan fingerprint density at radius 1 is 1.20 bits per heavy atom. The van der Waals surface area contributed by atoms with E-state index >= 15 is 0 Å². The number of nitrogens with one attached hydrogen (secondary N) is 1. The minimum Gasteiger partial charge on any atom is -0.481 e. The molecule has 1 fully saturated rings. The van der Waals surface area contributed by atoms with Crippen LogP contribution in [0.15, 0.2) is 42.6 Å². The van der Waals surface area contributed by atoms with E-state index in [1.165, 1.54) is 12.8 Å². The highest BCUT2D eigenvalue weighted by Crippen LogP contribution is 2.17. The van der Waals surface area contributed by atoms with Crippen LogP contribution in [0.4, 0.5) is 5.82 Å². The van der Waals surface area contributed by atoms with Crippen LogP contribution >= 0.6 is 0 Å². The second-order valence-corrected chi connectivity index (χ2v) is 6.51. The van der Waals surface area contributed by atoms with Crippen molar-refractivity contribution in [1.82, 2.24) is 10.3 Å². The number of carbonyl (C=O) groups excluding carboxylic acids is 1. The van der Waals surface area contributed by atoms with Crippen LogP contribution in [-0.2, 0) is 11.3 Å². The highest BCUT2D eigenvalue weighted by Gasteiger charge is 2.15. The first-order valence-electron chi connectivity index (χ1n) is 8.83. The predicted octanol–water partition coefficient (Wildman–Crippen LogP) is 3.07. The summed E-state index contributed by atoms with van der Waals surface area (Å²) in [7, 11) is 0. The molecule has 0 spiro atoms. The van der Waals surface area contributed by atoms with E-state index in [1.807, 2.05) is 49.5 Å². The molecule has 1 unspecified atom stereocenters. The Kier molecular flexibility index (Phi) is 5.53. The van der Waals surface area contributed by atoms with Crippen molar-refractivity contribution in [2.45, 2.75) is 39.3 Å². The summed E-state index contributed by atoms with van der Waals surface area (Å²) in [6.45, 7) is 6.38. The topological polar surface area (TPSA) is 54.5 Å². The molecule has 5 heteroatoms. The van der Waals surface area contributed by atoms with Gasteiger partial charge in [0, 0.05) is 25.8 Å². The Balaban J connectivity index is 1.48. The van der Waals surface area contributed by atoms with Gasteiger partial charge in [0.05, 0.1) is 0 Å². The minimum atomic E-state index is -0.542. The maximum absolute atomic E-state index is 12.2. The van der Waals surface area contributed by atoms with Gasteiger partial charge in [-0.15, -0.1) is 0 Å². The zero-order chi connectivity index (χ0) is 17.6. The van der Waals surface area contributed by atoms with Crippen LogP contribution < -0.4 is 15.0 Å². The van der Waals surface area contributed by atoms with Gasteiger partial charge in [0.15, 0.2) is 6.10 Å². The number of benzene rings is 1. The lowest BCUT2D eigenvalue weighted by molar-refractivity contribution is -0.127. The van der Waals surface area contributed by atoms with E-state index in [2.05, 4.69) is 15.2 Å². The number of pyridine rings is 1. The molecule has 2 aromatic rings. The van der Waals surface area contributed by atoms with Gasteiger partial charge in [0.1, 0.15) is 11.6 Å². The van der Waals surface area contributed by atoms with E-state index in [9.17, 15) is 4.79 Å². The van der Waals surface area contributed by atoms with Crippen molar-refractivity contribution in [3.05, 3.63) is 53.7 Å². The summed E-state index contributed by atoms with van der Waals surface area (Å²) in [6, 6.07) is 11.7. The van der Waals surface area contributed by atoms with E-state index in [0.29, 0.717) is 12.3 Å². The van der Waals surface area contributed by atoms with Crippen LogP contribution in [0, 0.1) is 6.92 Å². The van der Waals surface area contributed by atoms with Crippen molar-refractivity contribution in [3.63, 3.8) is 0 Å². The fourth-order valence-corrected chi connectivity index (χ4v) is 2.86. The van der Waals surface area contributed by atoms with Crippen LogP contribution in [-0.4, -0.2) is 30.1 Å². The fraction of sp³-hybridized carbons (Fsp3) is 0.400. The SMILES string of the molecule is Cc1ccc(OC(C)C(=O)NCc2ccc(N3CCCC3)nc2)cc1. The Labute approximate surface area is 149 Å². The standard InChI is InChI=1S/C20H25N3O2/c1-15-5-8-18(9-6-15)25-16(2)20(24)22-14-17-7-10-19(21-13-17)23-11-3-4-12-23/h5-10,13,16H,3-4,11-12,14H2,1-2H3,(H,22,24). The van der Waals surface area contributed by atoms with E-state index in [4.69, 9.17) is 4.74 Å². The average molecular weight is 339 g/mol. The molecule has 1 aliphatic heterocycles. The summed E-state index contributed by atoms with van der Waals surface area (Å²) < 4.78 is 5.67. The molecule has 1 amide bonds. The van der Waals surface area contributed by atoms with E-state index in [-0.39, 0.29) is 5.91 Å². The number of anilines is 1. The Hall–Kier alpha value is -2.56. The summed E-state index contributed by atoms with van der Waals surface area (Å²) in [4.78, 5) is 19.0. The number of carbonyl (C=O) groups is 1. The molecule has 3 rings (SSSR count). The minimum absolute atomic E-state index is 0.135. The van der Waals surface area contributed by atoms with Crippen molar-refractivity contribution >= 4 is 11.7 Å². The molecule has 1 aromatic heterocycles. The highest BCUT2D eigenvalue weighted by molar-refractivity contribution is 5.80. The predicted molar refractivity (Wildman–Crippen MR) is 98.8 cm³/mol. The lowest BCUT2D eigenvalue weighted by atomic mass is 10.2. The van der Waals surface area contributed by atoms with Crippen LogP contribution in [0.1, 0.15) is 30.9 Å². The summed E-state index contributed by atoms with van der Waals surface area (Å²) in [6.07, 6.45) is 3.76. The van der Waals surface area contributed by atoms with E-state index in [0.717, 1.165) is 30.0 Å². The number of hydrogen-bond donors (Lipinski definition) is 1. The average Bonchev–Trinajstić information content (AvgIpc) is 3.16. The van der Waals surface area contributed by atoms with Crippen LogP contribution in [0.25, 0.3) is 0 Å². The summed E-state index contributed by atoms with van der Waals surface area (Å²) in [5.41, 5.74) is 2.15. The summed E-state index contributed by atoms with van der Waals surface area (Å²) in [5.74, 6) is 1.58. The number of nitrogens with zero attached hydrogens (tertiary/aromatic N) is 2. The first-order valence-corrected chi connectivity index (χ1v) is 8.83. The van der Waals surface area contributed by atoms with Gasteiger partial charge in [-0.05, 0) is 50.5 Å². The highest BCUT2D eigenvalue weighted by atomic mass is 16.5. The molecule has 2 heterocycles. The summed E-state index contributed by atoms with van der Waals surface area (Å²) in [5, 5.41) is 2.90. The Morgan fingerprint density at radius 3 is 2.56 bits per heavy atom. The largest absolute Gasteiger partial charge is 0.481 e. The third-order valence-corrected chi connectivity index (χ3v) is 4.41. The van der Waals surface area contributed by atoms with Gasteiger partial charge < -0.3 is 15.0 Å². The van der Waals surface area contributed by atoms with Gasteiger partial charge in [-0.1, -0.05) is 23.8 Å².